The van der Waals surface area contributed by atoms with Crippen LogP contribution in [-0.4, -0.2) is 42.4 Å². The summed E-state index contributed by atoms with van der Waals surface area (Å²) in [5.74, 6) is -1.57. The van der Waals surface area contributed by atoms with Gasteiger partial charge in [0.05, 0.1) is 19.3 Å². The second-order valence-electron chi connectivity index (χ2n) is 6.66. The van der Waals surface area contributed by atoms with Crippen LogP contribution in [0.2, 0.25) is 0 Å². The van der Waals surface area contributed by atoms with Crippen LogP contribution in [0.15, 0.2) is 0 Å². The summed E-state index contributed by atoms with van der Waals surface area (Å²) in [5, 5.41) is 14.7. The highest BCUT2D eigenvalue weighted by atomic mass is 16.5. The van der Waals surface area contributed by atoms with Crippen molar-refractivity contribution in [1.29, 1.82) is 0 Å². The maximum atomic E-state index is 12.0. The van der Waals surface area contributed by atoms with Crippen molar-refractivity contribution in [2.75, 3.05) is 13.2 Å². The smallest absolute Gasteiger partial charge is 0.315 e. The van der Waals surface area contributed by atoms with Gasteiger partial charge in [-0.3, -0.25) is 4.79 Å². The Labute approximate surface area is 119 Å². The maximum absolute atomic E-state index is 12.0. The van der Waals surface area contributed by atoms with Gasteiger partial charge in [-0.15, -0.1) is 0 Å². The number of rotatable bonds is 3. The summed E-state index contributed by atoms with van der Waals surface area (Å²) in [7, 11) is 0. The van der Waals surface area contributed by atoms with Crippen molar-refractivity contribution in [2.45, 2.75) is 51.6 Å². The van der Waals surface area contributed by atoms with E-state index in [1.165, 1.54) is 6.42 Å². The normalized spacial score (nSPS) is 32.6. The Bertz CT molecular complexity index is 383. The third-order valence-electron chi connectivity index (χ3n) is 4.25. The topological polar surface area (TPSA) is 87.7 Å². The molecule has 114 valence electrons. The number of urea groups is 1. The fraction of sp³-hybridized carbons (Fsp3) is 0.857. The molecule has 0 aromatic heterocycles. The van der Waals surface area contributed by atoms with E-state index < -0.39 is 17.9 Å². The van der Waals surface area contributed by atoms with Crippen LogP contribution >= 0.6 is 0 Å². The first kappa shape index (κ1) is 15.1. The summed E-state index contributed by atoms with van der Waals surface area (Å²) < 4.78 is 5.13. The number of aliphatic carboxylic acids is 1. The van der Waals surface area contributed by atoms with E-state index in [0.29, 0.717) is 0 Å². The highest BCUT2D eigenvalue weighted by Crippen LogP contribution is 2.35. The molecule has 3 N–H and O–H groups in total. The van der Waals surface area contributed by atoms with Gasteiger partial charge in [-0.05, 0) is 24.7 Å². The molecule has 3 atom stereocenters. The molecule has 0 aromatic rings. The molecule has 0 bridgehead atoms. The summed E-state index contributed by atoms with van der Waals surface area (Å²) in [6.07, 6.45) is 4.25. The van der Waals surface area contributed by atoms with Gasteiger partial charge in [0.15, 0.2) is 0 Å². The average molecular weight is 284 g/mol. The van der Waals surface area contributed by atoms with Crippen LogP contribution in [0.5, 0.6) is 0 Å². The van der Waals surface area contributed by atoms with E-state index in [9.17, 15) is 9.59 Å². The largest absolute Gasteiger partial charge is 0.481 e. The van der Waals surface area contributed by atoms with Gasteiger partial charge in [0.1, 0.15) is 5.92 Å². The quantitative estimate of drug-likeness (QED) is 0.730. The lowest BCUT2D eigenvalue weighted by Crippen LogP contribution is -2.51. The van der Waals surface area contributed by atoms with Gasteiger partial charge in [0, 0.05) is 6.04 Å². The number of carboxylic acids is 1. The molecular formula is C14H24N2O4. The van der Waals surface area contributed by atoms with Gasteiger partial charge >= 0.3 is 12.0 Å². The summed E-state index contributed by atoms with van der Waals surface area (Å²) >= 11 is 0. The lowest BCUT2D eigenvalue weighted by molar-refractivity contribution is -0.142. The molecule has 2 aliphatic rings. The molecule has 2 rings (SSSR count). The number of nitrogens with one attached hydrogen (secondary N) is 2. The van der Waals surface area contributed by atoms with Crippen molar-refractivity contribution in [2.24, 2.45) is 11.3 Å². The van der Waals surface area contributed by atoms with Gasteiger partial charge in [0.2, 0.25) is 0 Å². The van der Waals surface area contributed by atoms with Crippen LogP contribution in [0.25, 0.3) is 0 Å². The zero-order valence-corrected chi connectivity index (χ0v) is 12.1. The molecule has 3 unspecified atom stereocenters. The Morgan fingerprint density at radius 3 is 2.65 bits per heavy atom. The highest BCUT2D eigenvalue weighted by Gasteiger charge is 2.36. The van der Waals surface area contributed by atoms with Crippen molar-refractivity contribution in [3.8, 4) is 0 Å². The highest BCUT2D eigenvalue weighted by molar-refractivity contribution is 5.77. The fourth-order valence-corrected chi connectivity index (χ4v) is 3.16. The van der Waals surface area contributed by atoms with Crippen molar-refractivity contribution in [1.82, 2.24) is 10.6 Å². The molecule has 2 amide bonds. The van der Waals surface area contributed by atoms with Crippen molar-refractivity contribution in [3.63, 3.8) is 0 Å². The first-order chi connectivity index (χ1) is 9.37. The number of hydrogen-bond acceptors (Lipinski definition) is 3. The number of carboxylic acid groups (broad SMARTS) is 1. The molecule has 2 fully saturated rings. The van der Waals surface area contributed by atoms with E-state index in [2.05, 4.69) is 24.5 Å². The summed E-state index contributed by atoms with van der Waals surface area (Å²) in [6.45, 7) is 4.85. The summed E-state index contributed by atoms with van der Waals surface area (Å²) in [6, 6.07) is -0.553. The lowest BCUT2D eigenvalue weighted by Gasteiger charge is -2.35. The third-order valence-corrected chi connectivity index (χ3v) is 4.25. The molecule has 6 heteroatoms. The molecule has 1 aliphatic carbocycles. The van der Waals surface area contributed by atoms with Crippen LogP contribution in [-0.2, 0) is 9.53 Å². The van der Waals surface area contributed by atoms with E-state index in [0.717, 1.165) is 19.3 Å². The monoisotopic (exact) mass is 284 g/mol. The Hall–Kier alpha value is -1.30. The number of amides is 2. The fourth-order valence-electron chi connectivity index (χ4n) is 3.16. The van der Waals surface area contributed by atoms with E-state index in [1.54, 1.807) is 0 Å². The molecule has 20 heavy (non-hydrogen) atoms. The Kier molecular flexibility index (Phi) is 4.52. The molecule has 0 spiro atoms. The van der Waals surface area contributed by atoms with Crippen LogP contribution in [0, 0.1) is 11.3 Å². The molecular weight excluding hydrogens is 260 g/mol. The summed E-state index contributed by atoms with van der Waals surface area (Å²) in [5.41, 5.74) is 0.260. The van der Waals surface area contributed by atoms with Crippen LogP contribution < -0.4 is 10.6 Å². The number of hydrogen-bond donors (Lipinski definition) is 3. The lowest BCUT2D eigenvalue weighted by atomic mass is 9.75. The van der Waals surface area contributed by atoms with Gasteiger partial charge in [-0.2, -0.15) is 0 Å². The predicted octanol–water partition coefficient (Wildman–Crippen LogP) is 1.35. The van der Waals surface area contributed by atoms with E-state index in [-0.39, 0.29) is 30.7 Å². The van der Waals surface area contributed by atoms with E-state index in [1.807, 2.05) is 0 Å². The maximum Gasteiger partial charge on any atom is 0.315 e. The van der Waals surface area contributed by atoms with Crippen LogP contribution in [0.1, 0.15) is 39.5 Å². The summed E-state index contributed by atoms with van der Waals surface area (Å²) in [4.78, 5) is 23.0. The van der Waals surface area contributed by atoms with Crippen molar-refractivity contribution in [3.05, 3.63) is 0 Å². The number of carbonyl (C=O) groups is 2. The second kappa shape index (κ2) is 5.99. The van der Waals surface area contributed by atoms with Gasteiger partial charge in [-0.1, -0.05) is 20.3 Å². The molecule has 0 radical (unpaired) electrons. The van der Waals surface area contributed by atoms with Crippen LogP contribution in [0.3, 0.4) is 0 Å². The third kappa shape index (κ3) is 3.85. The predicted molar refractivity (Wildman–Crippen MR) is 73.4 cm³/mol. The first-order valence-electron chi connectivity index (χ1n) is 7.25. The first-order valence-corrected chi connectivity index (χ1v) is 7.25. The Morgan fingerprint density at radius 2 is 2.00 bits per heavy atom. The molecule has 1 heterocycles. The Morgan fingerprint density at radius 1 is 1.25 bits per heavy atom. The molecule has 0 aromatic carbocycles. The molecule has 1 saturated carbocycles. The zero-order valence-electron chi connectivity index (χ0n) is 12.1. The van der Waals surface area contributed by atoms with Crippen molar-refractivity contribution < 1.29 is 19.4 Å². The SMILES string of the molecule is CC1(C)CCCC(NC(=O)NC2COCC2C(=O)O)C1. The second-order valence-corrected chi connectivity index (χ2v) is 6.66. The van der Waals surface area contributed by atoms with E-state index in [4.69, 9.17) is 9.84 Å². The van der Waals surface area contributed by atoms with Crippen molar-refractivity contribution >= 4 is 12.0 Å². The molecule has 1 aliphatic heterocycles. The van der Waals surface area contributed by atoms with Crippen LogP contribution in [0.4, 0.5) is 4.79 Å². The zero-order chi connectivity index (χ0) is 14.8. The number of carbonyl (C=O) groups excluding carboxylic acids is 1. The minimum Gasteiger partial charge on any atom is -0.481 e. The van der Waals surface area contributed by atoms with Gasteiger partial charge in [-0.25, -0.2) is 4.79 Å². The molecule has 1 saturated heterocycles. The Balaban J connectivity index is 1.82. The average Bonchev–Trinajstić information content (AvgIpc) is 2.75. The van der Waals surface area contributed by atoms with E-state index >= 15 is 0 Å². The minimum atomic E-state index is -0.924. The standard InChI is InChI=1S/C14H24N2O4/c1-14(2)5-3-4-9(6-14)15-13(19)16-11-8-20-7-10(11)12(17)18/h9-11H,3-8H2,1-2H3,(H,17,18)(H2,15,16,19). The minimum absolute atomic E-state index is 0.163. The van der Waals surface area contributed by atoms with Gasteiger partial charge < -0.3 is 20.5 Å². The van der Waals surface area contributed by atoms with Gasteiger partial charge in [0.25, 0.3) is 0 Å². The molecule has 6 nitrogen and oxygen atoms in total. The number of ether oxygens (including phenoxy) is 1.